The van der Waals surface area contributed by atoms with Gasteiger partial charge in [0.15, 0.2) is 0 Å². The van der Waals surface area contributed by atoms with Crippen molar-refractivity contribution in [3.63, 3.8) is 0 Å². The van der Waals surface area contributed by atoms with E-state index in [-0.39, 0.29) is 11.9 Å². The Morgan fingerprint density at radius 3 is 2.15 bits per heavy atom. The van der Waals surface area contributed by atoms with E-state index < -0.39 is 0 Å². The SMILES string of the molecule is C=C(C)N(C)/C(=C\C)C(COCc1ccccc1)NC(C)=O.CC.CC. The Bertz CT molecular complexity index is 524. The highest BCUT2D eigenvalue weighted by molar-refractivity contribution is 5.73. The van der Waals surface area contributed by atoms with Crippen molar-refractivity contribution in [3.8, 4) is 0 Å². The Labute approximate surface area is 160 Å². The molecule has 0 saturated carbocycles. The van der Waals surface area contributed by atoms with Crippen molar-refractivity contribution in [3.05, 3.63) is 59.9 Å². The molecule has 0 fully saturated rings. The van der Waals surface area contributed by atoms with Crippen LogP contribution >= 0.6 is 0 Å². The van der Waals surface area contributed by atoms with Crippen LogP contribution in [0.1, 0.15) is 54.0 Å². The minimum atomic E-state index is -0.201. The molecule has 1 unspecified atom stereocenters. The summed E-state index contributed by atoms with van der Waals surface area (Å²) in [4.78, 5) is 13.4. The fourth-order valence-electron chi connectivity index (χ4n) is 2.16. The lowest BCUT2D eigenvalue weighted by atomic mass is 10.1. The van der Waals surface area contributed by atoms with Gasteiger partial charge in [0.25, 0.3) is 0 Å². The van der Waals surface area contributed by atoms with Crippen LogP contribution in [-0.2, 0) is 16.1 Å². The number of hydrogen-bond acceptors (Lipinski definition) is 3. The summed E-state index contributed by atoms with van der Waals surface area (Å²) in [6.45, 7) is 18.3. The summed E-state index contributed by atoms with van der Waals surface area (Å²) in [5, 5.41) is 2.94. The second kappa shape index (κ2) is 16.4. The maximum Gasteiger partial charge on any atom is 0.217 e. The molecule has 1 aromatic rings. The summed E-state index contributed by atoms with van der Waals surface area (Å²) in [5.74, 6) is -0.0808. The molecule has 1 aromatic carbocycles. The molecule has 0 aliphatic rings. The minimum absolute atomic E-state index is 0.0808. The quantitative estimate of drug-likeness (QED) is 0.697. The van der Waals surface area contributed by atoms with Gasteiger partial charge in [-0.25, -0.2) is 0 Å². The number of rotatable bonds is 8. The van der Waals surface area contributed by atoms with Gasteiger partial charge in [-0.2, -0.15) is 0 Å². The predicted molar refractivity (Wildman–Crippen MR) is 113 cm³/mol. The Kier molecular flexibility index (Phi) is 16.5. The molecule has 0 radical (unpaired) electrons. The Morgan fingerprint density at radius 2 is 1.73 bits per heavy atom. The second-order valence-electron chi connectivity index (χ2n) is 5.26. The average molecular weight is 363 g/mol. The van der Waals surface area contributed by atoms with Crippen LogP contribution in [0.3, 0.4) is 0 Å². The van der Waals surface area contributed by atoms with Crippen molar-refractivity contribution < 1.29 is 9.53 Å². The van der Waals surface area contributed by atoms with Crippen LogP contribution in [0.4, 0.5) is 0 Å². The lowest BCUT2D eigenvalue weighted by Gasteiger charge is -2.29. The van der Waals surface area contributed by atoms with Gasteiger partial charge in [-0.3, -0.25) is 4.79 Å². The van der Waals surface area contributed by atoms with Crippen LogP contribution in [0.5, 0.6) is 0 Å². The van der Waals surface area contributed by atoms with Gasteiger partial charge in [0.2, 0.25) is 5.91 Å². The third kappa shape index (κ3) is 10.7. The van der Waals surface area contributed by atoms with Gasteiger partial charge in [0.1, 0.15) is 0 Å². The average Bonchev–Trinajstić information content (AvgIpc) is 2.65. The van der Waals surface area contributed by atoms with E-state index in [2.05, 4.69) is 11.9 Å². The molecule has 1 rings (SSSR count). The van der Waals surface area contributed by atoms with Crippen LogP contribution < -0.4 is 5.32 Å². The van der Waals surface area contributed by atoms with Crippen molar-refractivity contribution in [1.29, 1.82) is 0 Å². The summed E-state index contributed by atoms with van der Waals surface area (Å²) >= 11 is 0. The normalized spacial score (nSPS) is 11.2. The van der Waals surface area contributed by atoms with Gasteiger partial charge >= 0.3 is 0 Å². The van der Waals surface area contributed by atoms with Crippen LogP contribution in [0.15, 0.2) is 54.4 Å². The lowest BCUT2D eigenvalue weighted by Crippen LogP contribution is -2.42. The first-order valence-corrected chi connectivity index (χ1v) is 9.40. The van der Waals surface area contributed by atoms with E-state index in [4.69, 9.17) is 4.74 Å². The molecule has 1 atom stereocenters. The van der Waals surface area contributed by atoms with Crippen molar-refractivity contribution in [2.75, 3.05) is 13.7 Å². The molecule has 0 spiro atoms. The minimum Gasteiger partial charge on any atom is -0.374 e. The first-order valence-electron chi connectivity index (χ1n) is 9.40. The van der Waals surface area contributed by atoms with E-state index in [1.165, 1.54) is 6.92 Å². The van der Waals surface area contributed by atoms with E-state index in [0.29, 0.717) is 13.2 Å². The standard InChI is InChI=1S/C18H26N2O2.2C2H6/c1-6-18(20(5)14(2)3)17(19-15(4)21)13-22-12-16-10-8-7-9-11-16;2*1-2/h6-11,17H,2,12-13H2,1,3-5H3,(H,19,21);2*1-2H3/b18-6-;;. The van der Waals surface area contributed by atoms with E-state index >= 15 is 0 Å². The number of benzene rings is 1. The first kappa shape index (κ1) is 26.2. The Hall–Kier alpha value is -2.07. The number of hydrogen-bond donors (Lipinski definition) is 1. The number of carbonyl (C=O) groups excluding carboxylic acids is 1. The number of carbonyl (C=O) groups is 1. The molecular formula is C22H38N2O2. The van der Waals surface area contributed by atoms with Crippen molar-refractivity contribution in [1.82, 2.24) is 10.2 Å². The number of allylic oxidation sites excluding steroid dienone is 2. The molecule has 0 aromatic heterocycles. The van der Waals surface area contributed by atoms with E-state index in [0.717, 1.165) is 17.0 Å². The summed E-state index contributed by atoms with van der Waals surface area (Å²) in [5.41, 5.74) is 2.99. The molecular weight excluding hydrogens is 324 g/mol. The number of nitrogens with zero attached hydrogens (tertiary/aromatic N) is 1. The van der Waals surface area contributed by atoms with Crippen LogP contribution in [-0.4, -0.2) is 30.5 Å². The third-order valence-corrected chi connectivity index (χ3v) is 3.39. The highest BCUT2D eigenvalue weighted by atomic mass is 16.5. The Morgan fingerprint density at radius 1 is 1.19 bits per heavy atom. The number of amides is 1. The molecule has 0 saturated heterocycles. The molecule has 0 aliphatic heterocycles. The molecule has 0 bridgehead atoms. The van der Waals surface area contributed by atoms with Gasteiger partial charge in [-0.05, 0) is 19.4 Å². The number of nitrogens with one attached hydrogen (secondary N) is 1. The Balaban J connectivity index is 0. The zero-order chi connectivity index (χ0) is 20.5. The maximum absolute atomic E-state index is 11.5. The fourth-order valence-corrected chi connectivity index (χ4v) is 2.16. The monoisotopic (exact) mass is 362 g/mol. The van der Waals surface area contributed by atoms with E-state index in [1.807, 2.05) is 89.9 Å². The predicted octanol–water partition coefficient (Wildman–Crippen LogP) is 5.13. The zero-order valence-electron chi connectivity index (χ0n) is 17.9. The lowest BCUT2D eigenvalue weighted by molar-refractivity contribution is -0.120. The molecule has 4 nitrogen and oxygen atoms in total. The summed E-state index contributed by atoms with van der Waals surface area (Å²) in [7, 11) is 1.93. The van der Waals surface area contributed by atoms with Crippen LogP contribution in [0, 0.1) is 0 Å². The van der Waals surface area contributed by atoms with Gasteiger partial charge in [-0.15, -0.1) is 0 Å². The molecule has 26 heavy (non-hydrogen) atoms. The molecule has 0 heterocycles. The first-order chi connectivity index (χ1) is 12.5. The highest BCUT2D eigenvalue weighted by Crippen LogP contribution is 2.14. The van der Waals surface area contributed by atoms with Crippen molar-refractivity contribution in [2.45, 2.75) is 61.1 Å². The molecule has 0 aliphatic carbocycles. The van der Waals surface area contributed by atoms with Crippen molar-refractivity contribution in [2.24, 2.45) is 0 Å². The maximum atomic E-state index is 11.5. The summed E-state index contributed by atoms with van der Waals surface area (Å²) in [6.07, 6.45) is 1.97. The van der Waals surface area contributed by atoms with Gasteiger partial charge < -0.3 is 15.0 Å². The molecule has 148 valence electrons. The smallest absolute Gasteiger partial charge is 0.217 e. The van der Waals surface area contributed by atoms with Gasteiger partial charge in [0.05, 0.1) is 19.3 Å². The van der Waals surface area contributed by atoms with E-state index in [1.54, 1.807) is 0 Å². The zero-order valence-corrected chi connectivity index (χ0v) is 17.9. The largest absolute Gasteiger partial charge is 0.374 e. The van der Waals surface area contributed by atoms with Crippen molar-refractivity contribution >= 4 is 5.91 Å². The molecule has 4 heteroatoms. The van der Waals surface area contributed by atoms with Crippen LogP contribution in [0.2, 0.25) is 0 Å². The molecule has 1 amide bonds. The fraction of sp³-hybridized carbons (Fsp3) is 0.500. The topological polar surface area (TPSA) is 41.6 Å². The number of likely N-dealkylation sites (N-methyl/N-ethyl adjacent to an activating group) is 1. The van der Waals surface area contributed by atoms with Crippen LogP contribution in [0.25, 0.3) is 0 Å². The van der Waals surface area contributed by atoms with Gasteiger partial charge in [0, 0.05) is 25.4 Å². The highest BCUT2D eigenvalue weighted by Gasteiger charge is 2.19. The molecule has 1 N–H and O–H groups in total. The number of ether oxygens (including phenoxy) is 1. The third-order valence-electron chi connectivity index (χ3n) is 3.39. The van der Waals surface area contributed by atoms with E-state index in [9.17, 15) is 4.79 Å². The second-order valence-corrected chi connectivity index (χ2v) is 5.26. The van der Waals surface area contributed by atoms with Gasteiger partial charge in [-0.1, -0.05) is 70.7 Å². The summed E-state index contributed by atoms with van der Waals surface area (Å²) in [6, 6.07) is 9.77. The summed E-state index contributed by atoms with van der Waals surface area (Å²) < 4.78 is 5.78.